The number of carbonyl (C=O) groups is 1. The maximum Gasteiger partial charge on any atom is 0.252 e. The van der Waals surface area contributed by atoms with Gasteiger partial charge in [-0.2, -0.15) is 0 Å². The number of anilines is 1. The van der Waals surface area contributed by atoms with Gasteiger partial charge < -0.3 is 25.2 Å². The summed E-state index contributed by atoms with van der Waals surface area (Å²) in [6.07, 6.45) is 3.21. The van der Waals surface area contributed by atoms with Gasteiger partial charge in [-0.15, -0.1) is 24.0 Å². The number of aliphatic imine (C=N–C) groups is 1. The van der Waals surface area contributed by atoms with Gasteiger partial charge in [-0.3, -0.25) is 14.8 Å². The van der Waals surface area contributed by atoms with Crippen molar-refractivity contribution in [2.75, 3.05) is 58.3 Å². The molecule has 0 aliphatic carbocycles. The summed E-state index contributed by atoms with van der Waals surface area (Å²) >= 11 is 0. The van der Waals surface area contributed by atoms with Crippen molar-refractivity contribution in [3.05, 3.63) is 54.4 Å². The standard InChI is InChI=1S/C21H28N6O2.HI/c1-22-21(25-11-10-24-20(28)17-6-5-9-23-16-17)27-14-12-26(13-15-27)18-7-3-4-8-19(18)29-2;/h3-9,16H,10-15H2,1-2H3,(H,22,25)(H,24,28);1H. The summed E-state index contributed by atoms with van der Waals surface area (Å²) < 4.78 is 5.48. The van der Waals surface area contributed by atoms with Crippen molar-refractivity contribution in [2.45, 2.75) is 0 Å². The van der Waals surface area contributed by atoms with Crippen LogP contribution in [0.1, 0.15) is 10.4 Å². The second-order valence-corrected chi connectivity index (χ2v) is 6.62. The van der Waals surface area contributed by atoms with Gasteiger partial charge in [0.25, 0.3) is 5.91 Å². The molecule has 8 nitrogen and oxygen atoms in total. The Morgan fingerprint density at radius 1 is 1.10 bits per heavy atom. The lowest BCUT2D eigenvalue weighted by molar-refractivity contribution is 0.0954. The molecule has 0 spiro atoms. The van der Waals surface area contributed by atoms with Crippen LogP contribution in [0.25, 0.3) is 0 Å². The molecule has 1 saturated heterocycles. The number of hydrogen-bond acceptors (Lipinski definition) is 5. The van der Waals surface area contributed by atoms with E-state index < -0.39 is 0 Å². The lowest BCUT2D eigenvalue weighted by Gasteiger charge is -2.38. The molecule has 2 N–H and O–H groups in total. The van der Waals surface area contributed by atoms with E-state index in [9.17, 15) is 4.79 Å². The molecule has 2 heterocycles. The Morgan fingerprint density at radius 3 is 2.50 bits per heavy atom. The average Bonchev–Trinajstić information content (AvgIpc) is 2.79. The fourth-order valence-electron chi connectivity index (χ4n) is 3.33. The van der Waals surface area contributed by atoms with Crippen LogP contribution in [0, 0.1) is 0 Å². The van der Waals surface area contributed by atoms with E-state index in [1.807, 2.05) is 18.2 Å². The SMILES string of the molecule is CN=C(NCCNC(=O)c1cccnc1)N1CCN(c2ccccc2OC)CC1.I. The molecule has 1 fully saturated rings. The number of guanidine groups is 1. The van der Waals surface area contributed by atoms with Crippen LogP contribution in [0.3, 0.4) is 0 Å². The van der Waals surface area contributed by atoms with Crippen molar-refractivity contribution in [2.24, 2.45) is 4.99 Å². The zero-order valence-electron chi connectivity index (χ0n) is 17.4. The molecule has 0 radical (unpaired) electrons. The average molecular weight is 524 g/mol. The maximum absolute atomic E-state index is 12.0. The summed E-state index contributed by atoms with van der Waals surface area (Å²) in [5, 5.41) is 6.21. The van der Waals surface area contributed by atoms with Gasteiger partial charge in [0.2, 0.25) is 0 Å². The number of amides is 1. The Balaban J connectivity index is 0.00000320. The minimum absolute atomic E-state index is 0. The molecule has 0 unspecified atom stereocenters. The molecule has 1 aliphatic heterocycles. The van der Waals surface area contributed by atoms with Crippen LogP contribution < -0.4 is 20.3 Å². The summed E-state index contributed by atoms with van der Waals surface area (Å²) in [6, 6.07) is 11.6. The number of methoxy groups -OCH3 is 1. The van der Waals surface area contributed by atoms with E-state index in [4.69, 9.17) is 4.74 Å². The molecule has 162 valence electrons. The lowest BCUT2D eigenvalue weighted by Crippen LogP contribution is -2.53. The number of piperazine rings is 1. The second kappa shape index (κ2) is 12.2. The van der Waals surface area contributed by atoms with Crippen LogP contribution in [0.15, 0.2) is 53.8 Å². The van der Waals surface area contributed by atoms with Gasteiger partial charge in [0.05, 0.1) is 18.4 Å². The maximum atomic E-state index is 12.0. The molecule has 2 aromatic rings. The second-order valence-electron chi connectivity index (χ2n) is 6.62. The van der Waals surface area contributed by atoms with E-state index in [0.717, 1.165) is 43.6 Å². The molecule has 1 amide bonds. The summed E-state index contributed by atoms with van der Waals surface area (Å²) in [7, 11) is 3.48. The van der Waals surface area contributed by atoms with Crippen LogP contribution in [0.2, 0.25) is 0 Å². The number of rotatable bonds is 6. The molecule has 0 atom stereocenters. The summed E-state index contributed by atoms with van der Waals surface area (Å²) in [6.45, 7) is 4.61. The Labute approximate surface area is 194 Å². The summed E-state index contributed by atoms with van der Waals surface area (Å²) in [5.41, 5.74) is 1.68. The number of hydrogen-bond donors (Lipinski definition) is 2. The van der Waals surface area contributed by atoms with Crippen molar-refractivity contribution in [1.82, 2.24) is 20.5 Å². The van der Waals surface area contributed by atoms with Gasteiger partial charge in [-0.1, -0.05) is 12.1 Å². The van der Waals surface area contributed by atoms with E-state index in [0.29, 0.717) is 18.7 Å². The Kier molecular flexibility index (Phi) is 9.65. The first-order chi connectivity index (χ1) is 14.2. The van der Waals surface area contributed by atoms with E-state index in [1.165, 1.54) is 0 Å². The third kappa shape index (κ3) is 6.22. The quantitative estimate of drug-likeness (QED) is 0.260. The highest BCUT2D eigenvalue weighted by Gasteiger charge is 2.21. The first kappa shape index (κ1) is 23.7. The molecule has 30 heavy (non-hydrogen) atoms. The number of nitrogens with zero attached hydrogens (tertiary/aromatic N) is 4. The number of ether oxygens (including phenoxy) is 1. The van der Waals surface area contributed by atoms with Crippen molar-refractivity contribution in [3.8, 4) is 5.75 Å². The molecule has 1 aliphatic rings. The minimum atomic E-state index is -0.125. The zero-order valence-corrected chi connectivity index (χ0v) is 19.7. The molecular weight excluding hydrogens is 495 g/mol. The minimum Gasteiger partial charge on any atom is -0.495 e. The van der Waals surface area contributed by atoms with Crippen molar-refractivity contribution in [3.63, 3.8) is 0 Å². The highest BCUT2D eigenvalue weighted by Crippen LogP contribution is 2.28. The van der Waals surface area contributed by atoms with Gasteiger partial charge in [-0.25, -0.2) is 0 Å². The number of nitrogens with one attached hydrogen (secondary N) is 2. The Morgan fingerprint density at radius 2 is 1.83 bits per heavy atom. The fraction of sp³-hybridized carbons (Fsp3) is 0.381. The number of pyridine rings is 1. The number of aromatic nitrogens is 1. The van der Waals surface area contributed by atoms with Crippen LogP contribution in [-0.4, -0.2) is 75.2 Å². The molecule has 0 saturated carbocycles. The highest BCUT2D eigenvalue weighted by atomic mass is 127. The first-order valence-corrected chi connectivity index (χ1v) is 9.74. The summed E-state index contributed by atoms with van der Waals surface area (Å²) in [5.74, 6) is 1.62. The molecule has 1 aromatic carbocycles. The van der Waals surface area contributed by atoms with E-state index in [1.54, 1.807) is 38.7 Å². The zero-order chi connectivity index (χ0) is 20.5. The molecular formula is C21H29IN6O2. The third-order valence-electron chi connectivity index (χ3n) is 4.83. The van der Waals surface area contributed by atoms with Crippen LogP contribution in [0.5, 0.6) is 5.75 Å². The van der Waals surface area contributed by atoms with Gasteiger partial charge in [0.1, 0.15) is 5.75 Å². The molecule has 1 aromatic heterocycles. The van der Waals surface area contributed by atoms with Crippen LogP contribution >= 0.6 is 24.0 Å². The van der Waals surface area contributed by atoms with Gasteiger partial charge >= 0.3 is 0 Å². The predicted molar refractivity (Wildman–Crippen MR) is 130 cm³/mol. The number of benzene rings is 1. The largest absolute Gasteiger partial charge is 0.495 e. The van der Waals surface area contributed by atoms with Crippen molar-refractivity contribution in [1.29, 1.82) is 0 Å². The fourth-order valence-corrected chi connectivity index (χ4v) is 3.33. The van der Waals surface area contributed by atoms with Crippen molar-refractivity contribution >= 4 is 41.5 Å². The van der Waals surface area contributed by atoms with Gasteiger partial charge in [0.15, 0.2) is 5.96 Å². The number of halogens is 1. The van der Waals surface area contributed by atoms with Gasteiger partial charge in [-0.05, 0) is 24.3 Å². The van der Waals surface area contributed by atoms with Crippen LogP contribution in [0.4, 0.5) is 5.69 Å². The highest BCUT2D eigenvalue weighted by molar-refractivity contribution is 14.0. The van der Waals surface area contributed by atoms with Crippen LogP contribution in [-0.2, 0) is 0 Å². The Hall–Kier alpha value is -2.56. The van der Waals surface area contributed by atoms with Gasteiger partial charge in [0, 0.05) is 58.7 Å². The molecule has 3 rings (SSSR count). The smallest absolute Gasteiger partial charge is 0.252 e. The topological polar surface area (TPSA) is 82.1 Å². The first-order valence-electron chi connectivity index (χ1n) is 9.74. The Bertz CT molecular complexity index is 825. The molecule has 0 bridgehead atoms. The summed E-state index contributed by atoms with van der Waals surface area (Å²) in [4.78, 5) is 25.0. The molecule has 9 heteroatoms. The third-order valence-corrected chi connectivity index (χ3v) is 4.83. The predicted octanol–water partition coefficient (Wildman–Crippen LogP) is 1.84. The number of carbonyl (C=O) groups excluding carboxylic acids is 1. The van der Waals surface area contributed by atoms with E-state index in [-0.39, 0.29) is 29.9 Å². The monoisotopic (exact) mass is 524 g/mol. The normalized spacial score (nSPS) is 14.0. The lowest BCUT2D eigenvalue weighted by atomic mass is 10.2. The van der Waals surface area contributed by atoms with E-state index >= 15 is 0 Å². The van der Waals surface area contributed by atoms with E-state index in [2.05, 4.69) is 36.5 Å². The van der Waals surface area contributed by atoms with Crippen molar-refractivity contribution < 1.29 is 9.53 Å². The number of para-hydroxylation sites is 2.